The lowest BCUT2D eigenvalue weighted by molar-refractivity contribution is -0.527. The number of nitrogens with zero attached hydrogens (tertiary/aromatic N) is 1. The number of methoxy groups -OCH3 is 1. The highest BCUT2D eigenvalue weighted by molar-refractivity contribution is 7.99. The number of ether oxygens (including phenoxy) is 2. The van der Waals surface area contributed by atoms with Gasteiger partial charge in [0.2, 0.25) is 6.04 Å². The molecule has 0 aliphatic carbocycles. The van der Waals surface area contributed by atoms with Gasteiger partial charge in [0.25, 0.3) is 0 Å². The van der Waals surface area contributed by atoms with Crippen molar-refractivity contribution in [3.8, 4) is 5.75 Å². The smallest absolute Gasteiger partial charge is 0.306 e. The standard InChI is InChI=1S/C20H21NO5S/c1-3-26-18(22)12-15-13-8-5-7-11-17(13)27-20(19(15)21(23)24)14-9-4-6-10-16(14)25-2/h4-11,15,19-20H,3,12H2,1-2H3/t15-,19+,20-/m1/s1. The quantitative estimate of drug-likeness (QED) is 0.419. The number of fused-ring (bicyclic) bond motifs is 1. The lowest BCUT2D eigenvalue weighted by atomic mass is 9.84. The van der Waals surface area contributed by atoms with Crippen LogP contribution in [0.4, 0.5) is 0 Å². The Hall–Kier alpha value is -2.54. The summed E-state index contributed by atoms with van der Waals surface area (Å²) in [6.45, 7) is 1.98. The molecule has 0 N–H and O–H groups in total. The number of rotatable bonds is 6. The van der Waals surface area contributed by atoms with Crippen molar-refractivity contribution in [2.45, 2.75) is 35.4 Å². The average molecular weight is 387 g/mol. The number of thioether (sulfide) groups is 1. The molecule has 6 nitrogen and oxygen atoms in total. The number of nitro groups is 1. The first-order valence-electron chi connectivity index (χ1n) is 8.74. The summed E-state index contributed by atoms with van der Waals surface area (Å²) in [4.78, 5) is 24.9. The van der Waals surface area contributed by atoms with Gasteiger partial charge in [-0.3, -0.25) is 14.9 Å². The van der Waals surface area contributed by atoms with Crippen LogP contribution in [-0.2, 0) is 9.53 Å². The van der Waals surface area contributed by atoms with Crippen LogP contribution in [0.5, 0.6) is 5.75 Å². The fraction of sp³-hybridized carbons (Fsp3) is 0.350. The first-order chi connectivity index (χ1) is 13.1. The minimum absolute atomic E-state index is 0.0251. The van der Waals surface area contributed by atoms with E-state index >= 15 is 0 Å². The zero-order valence-electron chi connectivity index (χ0n) is 15.2. The van der Waals surface area contributed by atoms with E-state index in [1.165, 1.54) is 11.8 Å². The first-order valence-corrected chi connectivity index (χ1v) is 9.62. The summed E-state index contributed by atoms with van der Waals surface area (Å²) in [6, 6.07) is 13.9. The second kappa shape index (κ2) is 8.43. The molecule has 142 valence electrons. The maximum absolute atomic E-state index is 12.2. The van der Waals surface area contributed by atoms with Crippen molar-refractivity contribution < 1.29 is 19.2 Å². The van der Waals surface area contributed by atoms with E-state index in [4.69, 9.17) is 9.47 Å². The third kappa shape index (κ3) is 3.93. The van der Waals surface area contributed by atoms with Gasteiger partial charge in [-0.2, -0.15) is 0 Å². The van der Waals surface area contributed by atoms with Crippen LogP contribution >= 0.6 is 11.8 Å². The Labute approximate surface area is 162 Å². The summed E-state index contributed by atoms with van der Waals surface area (Å²) in [5.74, 6) is -0.377. The van der Waals surface area contributed by atoms with Gasteiger partial charge >= 0.3 is 5.97 Å². The van der Waals surface area contributed by atoms with E-state index in [-0.39, 0.29) is 18.0 Å². The molecule has 0 unspecified atom stereocenters. The van der Waals surface area contributed by atoms with Gasteiger partial charge in [0.15, 0.2) is 0 Å². The van der Waals surface area contributed by atoms with Crippen LogP contribution < -0.4 is 4.74 Å². The van der Waals surface area contributed by atoms with Crippen molar-refractivity contribution in [3.05, 3.63) is 69.8 Å². The highest BCUT2D eigenvalue weighted by Gasteiger charge is 2.47. The second-order valence-electron chi connectivity index (χ2n) is 6.21. The molecule has 7 heteroatoms. The number of hydrogen-bond acceptors (Lipinski definition) is 6. The maximum Gasteiger partial charge on any atom is 0.306 e. The number of carbonyl (C=O) groups excluding carboxylic acids is 1. The predicted octanol–water partition coefficient (Wildman–Crippen LogP) is 4.22. The summed E-state index contributed by atoms with van der Waals surface area (Å²) < 4.78 is 10.5. The minimum Gasteiger partial charge on any atom is -0.496 e. The van der Waals surface area contributed by atoms with Crippen molar-refractivity contribution in [1.82, 2.24) is 0 Å². The van der Waals surface area contributed by atoms with E-state index in [1.54, 1.807) is 20.1 Å². The predicted molar refractivity (Wildman–Crippen MR) is 103 cm³/mol. The minimum atomic E-state index is -0.967. The highest BCUT2D eigenvalue weighted by Crippen LogP contribution is 2.53. The molecule has 0 spiro atoms. The molecule has 3 rings (SSSR count). The lowest BCUT2D eigenvalue weighted by Crippen LogP contribution is -2.37. The van der Waals surface area contributed by atoms with Crippen molar-refractivity contribution in [2.75, 3.05) is 13.7 Å². The molecule has 1 heterocycles. The molecule has 0 amide bonds. The van der Waals surface area contributed by atoms with E-state index in [1.807, 2.05) is 42.5 Å². The van der Waals surface area contributed by atoms with Crippen molar-refractivity contribution in [2.24, 2.45) is 0 Å². The molecule has 0 saturated heterocycles. The Balaban J connectivity index is 2.10. The maximum atomic E-state index is 12.2. The fourth-order valence-electron chi connectivity index (χ4n) is 3.53. The molecule has 0 saturated carbocycles. The largest absolute Gasteiger partial charge is 0.496 e. The van der Waals surface area contributed by atoms with Gasteiger partial charge in [-0.05, 0) is 24.6 Å². The van der Waals surface area contributed by atoms with Crippen molar-refractivity contribution in [1.29, 1.82) is 0 Å². The normalized spacial score (nSPS) is 21.2. The van der Waals surface area contributed by atoms with Crippen LogP contribution in [-0.4, -0.2) is 30.7 Å². The number of benzene rings is 2. The zero-order valence-corrected chi connectivity index (χ0v) is 16.0. The molecule has 27 heavy (non-hydrogen) atoms. The summed E-state index contributed by atoms with van der Waals surface area (Å²) in [5.41, 5.74) is 1.58. The Morgan fingerprint density at radius 3 is 2.48 bits per heavy atom. The van der Waals surface area contributed by atoms with Gasteiger partial charge in [0.1, 0.15) is 11.0 Å². The van der Waals surface area contributed by atoms with Gasteiger partial charge in [-0.25, -0.2) is 0 Å². The van der Waals surface area contributed by atoms with Crippen LogP contribution in [0.3, 0.4) is 0 Å². The van der Waals surface area contributed by atoms with Gasteiger partial charge < -0.3 is 9.47 Å². The molecule has 3 atom stereocenters. The molecular weight excluding hydrogens is 366 g/mol. The van der Waals surface area contributed by atoms with Crippen molar-refractivity contribution in [3.63, 3.8) is 0 Å². The number of carbonyl (C=O) groups is 1. The molecule has 1 aliphatic rings. The van der Waals surface area contributed by atoms with Gasteiger partial charge in [0.05, 0.1) is 26.1 Å². The van der Waals surface area contributed by atoms with Gasteiger partial charge in [0, 0.05) is 15.4 Å². The van der Waals surface area contributed by atoms with E-state index in [9.17, 15) is 14.9 Å². The summed E-state index contributed by atoms with van der Waals surface area (Å²) >= 11 is 1.45. The Morgan fingerprint density at radius 1 is 1.15 bits per heavy atom. The van der Waals surface area contributed by atoms with Crippen LogP contribution in [0, 0.1) is 10.1 Å². The van der Waals surface area contributed by atoms with Crippen molar-refractivity contribution >= 4 is 17.7 Å². The highest BCUT2D eigenvalue weighted by atomic mass is 32.2. The molecule has 1 aliphatic heterocycles. The second-order valence-corrected chi connectivity index (χ2v) is 7.39. The number of hydrogen-bond donors (Lipinski definition) is 0. The third-order valence-corrected chi connectivity index (χ3v) is 6.09. The molecule has 2 aromatic carbocycles. The van der Waals surface area contributed by atoms with E-state index in [0.29, 0.717) is 5.75 Å². The fourth-order valence-corrected chi connectivity index (χ4v) is 5.07. The Kier molecular flexibility index (Phi) is 6.01. The summed E-state index contributed by atoms with van der Waals surface area (Å²) in [7, 11) is 1.55. The van der Waals surface area contributed by atoms with Crippen LogP contribution in [0.2, 0.25) is 0 Å². The topological polar surface area (TPSA) is 78.7 Å². The van der Waals surface area contributed by atoms with E-state index < -0.39 is 23.2 Å². The van der Waals surface area contributed by atoms with E-state index in [0.717, 1.165) is 16.0 Å². The van der Waals surface area contributed by atoms with Crippen LogP contribution in [0.1, 0.15) is 35.6 Å². The average Bonchev–Trinajstić information content (AvgIpc) is 2.67. The van der Waals surface area contributed by atoms with Crippen LogP contribution in [0.25, 0.3) is 0 Å². The monoisotopic (exact) mass is 387 g/mol. The first kappa shape index (κ1) is 19.2. The van der Waals surface area contributed by atoms with Gasteiger partial charge in [-0.1, -0.05) is 36.4 Å². The zero-order chi connectivity index (χ0) is 19.4. The Morgan fingerprint density at radius 2 is 1.81 bits per heavy atom. The summed E-state index contributed by atoms with van der Waals surface area (Å²) in [6.07, 6.45) is -0.0251. The van der Waals surface area contributed by atoms with Crippen LogP contribution in [0.15, 0.2) is 53.4 Å². The molecule has 0 radical (unpaired) electrons. The third-order valence-electron chi connectivity index (χ3n) is 4.68. The summed E-state index contributed by atoms with van der Waals surface area (Å²) in [5, 5.41) is 11.6. The SMILES string of the molecule is CCOC(=O)C[C@@H]1c2ccccc2S[C@H](c2ccccc2OC)[C@H]1[N+](=O)[O-]. The molecule has 2 aromatic rings. The van der Waals surface area contributed by atoms with Gasteiger partial charge in [-0.15, -0.1) is 11.8 Å². The number of para-hydroxylation sites is 1. The Bertz CT molecular complexity index is 841. The lowest BCUT2D eigenvalue weighted by Gasteiger charge is -2.34. The number of esters is 1. The molecular formula is C20H21NO5S. The molecule has 0 fully saturated rings. The molecule has 0 aromatic heterocycles. The molecule has 0 bridgehead atoms. The van der Waals surface area contributed by atoms with E-state index in [2.05, 4.69) is 0 Å².